The molecule has 0 aliphatic heterocycles. The van der Waals surface area contributed by atoms with Crippen molar-refractivity contribution in [1.29, 1.82) is 0 Å². The number of nitrogens with zero attached hydrogens (tertiary/aromatic N) is 1. The third-order valence-corrected chi connectivity index (χ3v) is 4.07. The lowest BCUT2D eigenvalue weighted by Crippen LogP contribution is -2.30. The summed E-state index contributed by atoms with van der Waals surface area (Å²) in [6.07, 6.45) is 0.997. The van der Waals surface area contributed by atoms with Crippen LogP contribution in [0.5, 0.6) is 11.5 Å². The number of hydrogen-bond donors (Lipinski definition) is 0. The van der Waals surface area contributed by atoms with E-state index in [-0.39, 0.29) is 11.7 Å². The van der Waals surface area contributed by atoms with Crippen LogP contribution in [-0.4, -0.2) is 31.6 Å². The van der Waals surface area contributed by atoms with E-state index in [0.29, 0.717) is 37.4 Å². The zero-order valence-corrected chi connectivity index (χ0v) is 14.9. The topological polar surface area (TPSA) is 38.8 Å². The van der Waals surface area contributed by atoms with Gasteiger partial charge in [0.1, 0.15) is 5.82 Å². The van der Waals surface area contributed by atoms with E-state index in [1.165, 1.54) is 12.1 Å². The van der Waals surface area contributed by atoms with Crippen molar-refractivity contribution in [3.05, 3.63) is 59.4 Å². The zero-order valence-electron chi connectivity index (χ0n) is 14.9. The smallest absolute Gasteiger partial charge is 0.223 e. The van der Waals surface area contributed by atoms with Gasteiger partial charge in [0.15, 0.2) is 11.5 Å². The number of rotatable bonds is 8. The second-order valence-electron chi connectivity index (χ2n) is 5.73. The average molecular weight is 345 g/mol. The quantitative estimate of drug-likeness (QED) is 0.730. The molecule has 0 heterocycles. The van der Waals surface area contributed by atoms with E-state index >= 15 is 0 Å². The van der Waals surface area contributed by atoms with Gasteiger partial charge in [0.2, 0.25) is 5.91 Å². The van der Waals surface area contributed by atoms with E-state index in [9.17, 15) is 9.18 Å². The third-order valence-electron chi connectivity index (χ3n) is 4.07. The molecule has 0 atom stereocenters. The van der Waals surface area contributed by atoms with E-state index in [1.807, 2.05) is 31.2 Å². The van der Waals surface area contributed by atoms with Crippen molar-refractivity contribution in [2.24, 2.45) is 0 Å². The fourth-order valence-corrected chi connectivity index (χ4v) is 2.68. The number of amides is 1. The molecule has 0 saturated carbocycles. The standard InChI is InChI=1S/C20H24FNO3/c1-4-22(14-16-6-5-7-17(21)12-16)20(23)11-9-15-8-10-18(24-2)19(13-15)25-3/h5-8,10,12-13H,4,9,11,14H2,1-3H3. The second-order valence-corrected chi connectivity index (χ2v) is 5.73. The van der Waals surface area contributed by atoms with Crippen molar-refractivity contribution in [3.8, 4) is 11.5 Å². The van der Waals surface area contributed by atoms with Crippen molar-refractivity contribution in [1.82, 2.24) is 4.90 Å². The number of aryl methyl sites for hydroxylation is 1. The highest BCUT2D eigenvalue weighted by Gasteiger charge is 2.13. The Balaban J connectivity index is 1.98. The van der Waals surface area contributed by atoms with Crippen LogP contribution in [0.1, 0.15) is 24.5 Å². The second kappa shape index (κ2) is 9.06. The Kier molecular flexibility index (Phi) is 6.81. The van der Waals surface area contributed by atoms with Gasteiger partial charge in [0, 0.05) is 19.5 Å². The minimum atomic E-state index is -0.286. The van der Waals surface area contributed by atoms with E-state index < -0.39 is 0 Å². The predicted octanol–water partition coefficient (Wildman–Crippen LogP) is 3.82. The monoisotopic (exact) mass is 345 g/mol. The molecule has 5 heteroatoms. The Hall–Kier alpha value is -2.56. The fraction of sp³-hybridized carbons (Fsp3) is 0.350. The molecule has 134 valence electrons. The third kappa shape index (κ3) is 5.21. The summed E-state index contributed by atoms with van der Waals surface area (Å²) in [7, 11) is 3.18. The van der Waals surface area contributed by atoms with Gasteiger partial charge < -0.3 is 14.4 Å². The van der Waals surface area contributed by atoms with Crippen molar-refractivity contribution in [3.63, 3.8) is 0 Å². The fourth-order valence-electron chi connectivity index (χ4n) is 2.68. The molecule has 0 aliphatic carbocycles. The number of ether oxygens (including phenoxy) is 2. The molecule has 0 aliphatic rings. The van der Waals surface area contributed by atoms with Crippen LogP contribution in [0.25, 0.3) is 0 Å². The molecule has 0 aromatic heterocycles. The van der Waals surface area contributed by atoms with Gasteiger partial charge in [0.05, 0.1) is 14.2 Å². The lowest BCUT2D eigenvalue weighted by atomic mass is 10.1. The number of hydrogen-bond acceptors (Lipinski definition) is 3. The van der Waals surface area contributed by atoms with Gasteiger partial charge >= 0.3 is 0 Å². The first-order valence-electron chi connectivity index (χ1n) is 8.30. The number of carbonyl (C=O) groups excluding carboxylic acids is 1. The van der Waals surface area contributed by atoms with Crippen LogP contribution in [0.3, 0.4) is 0 Å². The molecule has 2 aromatic carbocycles. The molecule has 0 saturated heterocycles. The molecule has 0 spiro atoms. The van der Waals surface area contributed by atoms with Gasteiger partial charge in [-0.05, 0) is 48.7 Å². The maximum absolute atomic E-state index is 13.3. The molecular weight excluding hydrogens is 321 g/mol. The molecule has 0 fully saturated rings. The predicted molar refractivity (Wildman–Crippen MR) is 95.4 cm³/mol. The first-order chi connectivity index (χ1) is 12.1. The summed E-state index contributed by atoms with van der Waals surface area (Å²) in [5.74, 6) is 1.08. The number of methoxy groups -OCH3 is 2. The van der Waals surface area contributed by atoms with Gasteiger partial charge in [-0.15, -0.1) is 0 Å². The van der Waals surface area contributed by atoms with E-state index in [0.717, 1.165) is 11.1 Å². The molecule has 4 nitrogen and oxygen atoms in total. The summed E-state index contributed by atoms with van der Waals surface area (Å²) in [5, 5.41) is 0. The highest BCUT2D eigenvalue weighted by atomic mass is 19.1. The highest BCUT2D eigenvalue weighted by Crippen LogP contribution is 2.28. The van der Waals surface area contributed by atoms with Crippen LogP contribution < -0.4 is 9.47 Å². The van der Waals surface area contributed by atoms with Crippen LogP contribution >= 0.6 is 0 Å². The maximum Gasteiger partial charge on any atom is 0.223 e. The van der Waals surface area contributed by atoms with E-state index in [2.05, 4.69) is 0 Å². The summed E-state index contributed by atoms with van der Waals surface area (Å²) >= 11 is 0. The molecule has 2 aromatic rings. The minimum Gasteiger partial charge on any atom is -0.493 e. The molecule has 0 bridgehead atoms. The summed E-state index contributed by atoms with van der Waals surface area (Å²) in [6.45, 7) is 2.92. The van der Waals surface area contributed by atoms with Crippen molar-refractivity contribution < 1.29 is 18.7 Å². The molecule has 0 radical (unpaired) electrons. The largest absolute Gasteiger partial charge is 0.493 e. The normalized spacial score (nSPS) is 10.4. The van der Waals surface area contributed by atoms with Crippen molar-refractivity contribution >= 4 is 5.91 Å². The Labute approximate surface area is 148 Å². The Morgan fingerprint density at radius 2 is 1.80 bits per heavy atom. The van der Waals surface area contributed by atoms with Gasteiger partial charge in [0.25, 0.3) is 0 Å². The van der Waals surface area contributed by atoms with Crippen LogP contribution in [0.4, 0.5) is 4.39 Å². The molecule has 0 unspecified atom stereocenters. The Bertz CT molecular complexity index is 718. The van der Waals surface area contributed by atoms with Gasteiger partial charge in [-0.1, -0.05) is 18.2 Å². The van der Waals surface area contributed by atoms with Gasteiger partial charge in [-0.2, -0.15) is 0 Å². The van der Waals surface area contributed by atoms with Crippen LogP contribution in [0.2, 0.25) is 0 Å². The van der Waals surface area contributed by atoms with E-state index in [4.69, 9.17) is 9.47 Å². The lowest BCUT2D eigenvalue weighted by molar-refractivity contribution is -0.131. The van der Waals surface area contributed by atoms with Crippen molar-refractivity contribution in [2.75, 3.05) is 20.8 Å². The summed E-state index contributed by atoms with van der Waals surface area (Å²) in [6, 6.07) is 12.0. The molecular formula is C20H24FNO3. The first-order valence-corrected chi connectivity index (χ1v) is 8.30. The summed E-state index contributed by atoms with van der Waals surface area (Å²) in [4.78, 5) is 14.2. The molecule has 25 heavy (non-hydrogen) atoms. The average Bonchev–Trinajstić information content (AvgIpc) is 2.63. The Morgan fingerprint density at radius 3 is 2.44 bits per heavy atom. The minimum absolute atomic E-state index is 0.0431. The molecule has 1 amide bonds. The Morgan fingerprint density at radius 1 is 1.04 bits per heavy atom. The number of halogens is 1. The number of benzene rings is 2. The first kappa shape index (κ1) is 18.8. The van der Waals surface area contributed by atoms with E-state index in [1.54, 1.807) is 25.2 Å². The number of carbonyl (C=O) groups is 1. The van der Waals surface area contributed by atoms with Gasteiger partial charge in [-0.3, -0.25) is 4.79 Å². The molecule has 2 rings (SSSR count). The highest BCUT2D eigenvalue weighted by molar-refractivity contribution is 5.76. The maximum atomic E-state index is 13.3. The van der Waals surface area contributed by atoms with Crippen LogP contribution in [0, 0.1) is 5.82 Å². The van der Waals surface area contributed by atoms with Crippen LogP contribution in [0.15, 0.2) is 42.5 Å². The zero-order chi connectivity index (χ0) is 18.2. The summed E-state index contributed by atoms with van der Waals surface area (Å²) in [5.41, 5.74) is 1.80. The van der Waals surface area contributed by atoms with Gasteiger partial charge in [-0.25, -0.2) is 4.39 Å². The summed E-state index contributed by atoms with van der Waals surface area (Å²) < 4.78 is 23.8. The lowest BCUT2D eigenvalue weighted by Gasteiger charge is -2.21. The molecule has 0 N–H and O–H groups in total. The van der Waals surface area contributed by atoms with Crippen molar-refractivity contribution in [2.45, 2.75) is 26.3 Å². The van der Waals surface area contributed by atoms with Crippen LogP contribution in [-0.2, 0) is 17.8 Å². The SMILES string of the molecule is CCN(Cc1cccc(F)c1)C(=O)CCc1ccc(OC)c(OC)c1.